The van der Waals surface area contributed by atoms with Gasteiger partial charge in [-0.05, 0) is 42.3 Å². The van der Waals surface area contributed by atoms with Crippen molar-refractivity contribution in [2.24, 2.45) is 0 Å². The molecule has 0 bridgehead atoms. The smallest absolute Gasteiger partial charge is 0.189 e. The number of nitrogens with one attached hydrogen (secondary N) is 1. The van der Waals surface area contributed by atoms with Crippen LogP contribution in [-0.2, 0) is 9.47 Å². The summed E-state index contributed by atoms with van der Waals surface area (Å²) in [4.78, 5) is 3.48. The second-order valence-electron chi connectivity index (χ2n) is 7.26. The average molecular weight is 412 g/mol. The van der Waals surface area contributed by atoms with E-state index in [0.29, 0.717) is 18.8 Å². The summed E-state index contributed by atoms with van der Waals surface area (Å²) < 4.78 is 16.7. The molecule has 156 valence electrons. The van der Waals surface area contributed by atoms with E-state index in [-0.39, 0.29) is 6.79 Å². The molecule has 0 spiro atoms. The van der Waals surface area contributed by atoms with Crippen molar-refractivity contribution in [3.63, 3.8) is 0 Å². The summed E-state index contributed by atoms with van der Waals surface area (Å²) in [7, 11) is 1.64. The Bertz CT molecular complexity index is 1220. The average Bonchev–Trinajstić information content (AvgIpc) is 3.21. The number of aromatic nitrogens is 1. The largest absolute Gasteiger partial charge is 0.466 e. The first-order valence-electron chi connectivity index (χ1n) is 10.1. The lowest BCUT2D eigenvalue weighted by atomic mass is 9.99. The van der Waals surface area contributed by atoms with Crippen LogP contribution in [0.2, 0.25) is 0 Å². The standard InChI is InChI=1S/C26H24N2O3/c1-18-13-24-20(14-21(18)16-27)15-25(28-24)23-10-6-9-22(19-7-4-3-5-8-19)26(23)31-17-30-12-11-29-2/h3-10,13-15,28H,11-12,17H2,1-2H3. The van der Waals surface area contributed by atoms with Gasteiger partial charge in [-0.3, -0.25) is 0 Å². The van der Waals surface area contributed by atoms with Gasteiger partial charge in [0.05, 0.1) is 30.5 Å². The third-order valence-electron chi connectivity index (χ3n) is 5.19. The SMILES string of the molecule is COCCOCOc1c(-c2ccccc2)cccc1-c1cc2cc(C#N)c(C)cc2[nH]1. The van der Waals surface area contributed by atoms with Crippen LogP contribution < -0.4 is 4.74 Å². The van der Waals surface area contributed by atoms with Gasteiger partial charge in [0.25, 0.3) is 0 Å². The zero-order valence-corrected chi connectivity index (χ0v) is 17.6. The van der Waals surface area contributed by atoms with E-state index in [1.165, 1.54) is 0 Å². The van der Waals surface area contributed by atoms with Gasteiger partial charge in [-0.15, -0.1) is 0 Å². The number of rotatable bonds is 8. The molecule has 1 heterocycles. The third kappa shape index (κ3) is 4.46. The van der Waals surface area contributed by atoms with Crippen LogP contribution in [-0.4, -0.2) is 32.1 Å². The maximum atomic E-state index is 9.36. The molecule has 5 heteroatoms. The molecular weight excluding hydrogens is 388 g/mol. The van der Waals surface area contributed by atoms with Crippen LogP contribution in [0.25, 0.3) is 33.3 Å². The number of benzene rings is 3. The first-order valence-corrected chi connectivity index (χ1v) is 10.1. The van der Waals surface area contributed by atoms with Gasteiger partial charge in [-0.1, -0.05) is 42.5 Å². The number of aromatic amines is 1. The first kappa shape index (κ1) is 20.7. The number of hydrogen-bond donors (Lipinski definition) is 1. The van der Waals surface area contributed by atoms with Crippen molar-refractivity contribution in [1.82, 2.24) is 4.98 Å². The Labute approximate surface area is 181 Å². The number of aryl methyl sites for hydroxylation is 1. The quantitative estimate of drug-likeness (QED) is 0.299. The predicted molar refractivity (Wildman–Crippen MR) is 122 cm³/mol. The van der Waals surface area contributed by atoms with Gasteiger partial charge in [0.2, 0.25) is 0 Å². The summed E-state index contributed by atoms with van der Waals surface area (Å²) in [6, 6.07) is 24.5. The topological polar surface area (TPSA) is 67.3 Å². The van der Waals surface area contributed by atoms with Crippen LogP contribution in [0.3, 0.4) is 0 Å². The highest BCUT2D eigenvalue weighted by Gasteiger charge is 2.16. The molecule has 1 aromatic heterocycles. The number of nitriles is 1. The molecule has 3 aromatic carbocycles. The minimum absolute atomic E-state index is 0.123. The van der Waals surface area contributed by atoms with Crippen LogP contribution in [0.5, 0.6) is 5.75 Å². The summed E-state index contributed by atoms with van der Waals surface area (Å²) in [5, 5.41) is 10.4. The molecule has 0 saturated carbocycles. The molecule has 1 N–H and O–H groups in total. The Kier molecular flexibility index (Phi) is 6.32. The van der Waals surface area contributed by atoms with Crippen LogP contribution in [0.4, 0.5) is 0 Å². The predicted octanol–water partition coefficient (Wildman–Crippen LogP) is 5.68. The lowest BCUT2D eigenvalue weighted by molar-refractivity contribution is -0.00797. The molecule has 0 fully saturated rings. The van der Waals surface area contributed by atoms with Crippen molar-refractivity contribution >= 4 is 10.9 Å². The van der Waals surface area contributed by atoms with E-state index in [9.17, 15) is 5.26 Å². The molecule has 0 aliphatic carbocycles. The van der Waals surface area contributed by atoms with Gasteiger partial charge < -0.3 is 19.2 Å². The van der Waals surface area contributed by atoms with Crippen molar-refractivity contribution in [1.29, 1.82) is 5.26 Å². The molecule has 0 amide bonds. The fourth-order valence-corrected chi connectivity index (χ4v) is 3.61. The number of H-pyrrole nitrogens is 1. The highest BCUT2D eigenvalue weighted by molar-refractivity contribution is 5.90. The number of ether oxygens (including phenoxy) is 3. The Hall–Kier alpha value is -3.59. The number of hydrogen-bond acceptors (Lipinski definition) is 4. The zero-order chi connectivity index (χ0) is 21.6. The molecule has 31 heavy (non-hydrogen) atoms. The second kappa shape index (κ2) is 9.48. The summed E-state index contributed by atoms with van der Waals surface area (Å²) >= 11 is 0. The van der Waals surface area contributed by atoms with Crippen LogP contribution in [0.15, 0.2) is 66.7 Å². The Morgan fingerprint density at radius 2 is 1.74 bits per heavy atom. The molecular formula is C26H24N2O3. The van der Waals surface area contributed by atoms with E-state index in [0.717, 1.165) is 44.6 Å². The molecule has 5 nitrogen and oxygen atoms in total. The fourth-order valence-electron chi connectivity index (χ4n) is 3.61. The lowest BCUT2D eigenvalue weighted by Gasteiger charge is -2.16. The lowest BCUT2D eigenvalue weighted by Crippen LogP contribution is -2.09. The number of para-hydroxylation sites is 1. The van der Waals surface area contributed by atoms with Crippen LogP contribution in [0.1, 0.15) is 11.1 Å². The summed E-state index contributed by atoms with van der Waals surface area (Å²) in [6.07, 6.45) is 0. The second-order valence-corrected chi connectivity index (χ2v) is 7.26. The summed E-state index contributed by atoms with van der Waals surface area (Å²) in [5.74, 6) is 0.745. The van der Waals surface area contributed by atoms with Gasteiger partial charge >= 0.3 is 0 Å². The summed E-state index contributed by atoms with van der Waals surface area (Å²) in [5.41, 5.74) is 6.52. The maximum absolute atomic E-state index is 9.36. The maximum Gasteiger partial charge on any atom is 0.189 e. The van der Waals surface area contributed by atoms with Crippen molar-refractivity contribution in [2.45, 2.75) is 6.92 Å². The number of methoxy groups -OCH3 is 1. The highest BCUT2D eigenvalue weighted by atomic mass is 16.7. The van der Waals surface area contributed by atoms with E-state index in [1.807, 2.05) is 55.5 Å². The fraction of sp³-hybridized carbons (Fsp3) is 0.192. The number of nitrogens with zero attached hydrogens (tertiary/aromatic N) is 1. The zero-order valence-electron chi connectivity index (χ0n) is 17.6. The molecule has 4 rings (SSSR count). The highest BCUT2D eigenvalue weighted by Crippen LogP contribution is 2.39. The Balaban J connectivity index is 1.78. The number of fused-ring (bicyclic) bond motifs is 1. The van der Waals surface area contributed by atoms with Crippen molar-refractivity contribution in [3.05, 3.63) is 77.9 Å². The third-order valence-corrected chi connectivity index (χ3v) is 5.19. The molecule has 4 aromatic rings. The van der Waals surface area contributed by atoms with Gasteiger partial charge in [-0.2, -0.15) is 5.26 Å². The van der Waals surface area contributed by atoms with E-state index in [2.05, 4.69) is 29.3 Å². The Morgan fingerprint density at radius 1 is 0.935 bits per heavy atom. The molecule has 0 aliphatic heterocycles. The normalized spacial score (nSPS) is 10.9. The summed E-state index contributed by atoms with van der Waals surface area (Å²) in [6.45, 7) is 3.04. The van der Waals surface area contributed by atoms with E-state index >= 15 is 0 Å². The van der Waals surface area contributed by atoms with Gasteiger partial charge in [0, 0.05) is 29.1 Å². The molecule has 0 radical (unpaired) electrons. The minimum Gasteiger partial charge on any atom is -0.466 e. The van der Waals surface area contributed by atoms with Crippen molar-refractivity contribution in [3.8, 4) is 34.2 Å². The van der Waals surface area contributed by atoms with Gasteiger partial charge in [0.1, 0.15) is 5.75 Å². The van der Waals surface area contributed by atoms with E-state index in [4.69, 9.17) is 14.2 Å². The monoisotopic (exact) mass is 412 g/mol. The van der Waals surface area contributed by atoms with Crippen LogP contribution >= 0.6 is 0 Å². The first-order chi connectivity index (χ1) is 15.2. The van der Waals surface area contributed by atoms with E-state index in [1.54, 1.807) is 7.11 Å². The molecule has 0 saturated heterocycles. The van der Waals surface area contributed by atoms with Crippen LogP contribution in [0, 0.1) is 18.3 Å². The molecule has 0 atom stereocenters. The Morgan fingerprint density at radius 3 is 2.52 bits per heavy atom. The van der Waals surface area contributed by atoms with Crippen molar-refractivity contribution < 1.29 is 14.2 Å². The van der Waals surface area contributed by atoms with Gasteiger partial charge in [-0.25, -0.2) is 0 Å². The minimum atomic E-state index is 0.123. The van der Waals surface area contributed by atoms with Crippen molar-refractivity contribution in [2.75, 3.05) is 27.1 Å². The van der Waals surface area contributed by atoms with Gasteiger partial charge in [0.15, 0.2) is 6.79 Å². The molecule has 0 aliphatic rings. The molecule has 0 unspecified atom stereocenters. The van der Waals surface area contributed by atoms with E-state index < -0.39 is 0 Å².